The smallest absolute Gasteiger partial charge is 0.271 e. The minimum absolute atomic E-state index is 0.261. The van der Waals surface area contributed by atoms with Crippen LogP contribution in [0.1, 0.15) is 17.2 Å². The van der Waals surface area contributed by atoms with Gasteiger partial charge in [-0.15, -0.1) is 11.3 Å². The average Bonchev–Trinajstić information content (AvgIpc) is 3.34. The zero-order chi connectivity index (χ0) is 21.3. The van der Waals surface area contributed by atoms with Crippen molar-refractivity contribution in [1.82, 2.24) is 19.5 Å². The highest BCUT2D eigenvalue weighted by Gasteiger charge is 2.15. The van der Waals surface area contributed by atoms with E-state index in [1.54, 1.807) is 61.1 Å². The molecule has 0 atom stereocenters. The molecule has 0 fully saturated rings. The zero-order valence-corrected chi connectivity index (χ0v) is 18.2. The molecular weight excluding hydrogens is 422 g/mol. The highest BCUT2D eigenvalue weighted by Crippen LogP contribution is 2.25. The number of nitrogens with one attached hydrogen (secondary N) is 1. The number of sulfonamides is 1. The molecule has 0 aliphatic carbocycles. The minimum atomic E-state index is -3.59. The number of ether oxygens (including phenoxy) is 1. The van der Waals surface area contributed by atoms with Crippen LogP contribution in [0.3, 0.4) is 0 Å². The van der Waals surface area contributed by atoms with E-state index >= 15 is 0 Å². The van der Waals surface area contributed by atoms with Gasteiger partial charge in [-0.2, -0.15) is 4.98 Å². The molecule has 3 heterocycles. The standard InChI is InChI=1S/C20H19N5O3S2/c1-13-14(2)25(12-21-13)18-11-19(23-15(3)22-18)28-17-8-6-16(7-9-17)24-30(26,27)20-5-4-10-29-20/h4-12,24H,1-3H3. The van der Waals surface area contributed by atoms with Crippen LogP contribution in [0.15, 0.2) is 58.4 Å². The lowest BCUT2D eigenvalue weighted by Crippen LogP contribution is -2.11. The number of rotatable bonds is 6. The molecule has 154 valence electrons. The van der Waals surface area contributed by atoms with Gasteiger partial charge in [0.2, 0.25) is 5.88 Å². The minimum Gasteiger partial charge on any atom is -0.439 e. The van der Waals surface area contributed by atoms with E-state index < -0.39 is 10.0 Å². The molecule has 0 saturated heterocycles. The lowest BCUT2D eigenvalue weighted by atomic mass is 10.3. The third kappa shape index (κ3) is 4.19. The van der Waals surface area contributed by atoms with Crippen LogP contribution in [0.4, 0.5) is 5.69 Å². The van der Waals surface area contributed by atoms with Gasteiger partial charge in [0.1, 0.15) is 27.9 Å². The van der Waals surface area contributed by atoms with E-state index in [-0.39, 0.29) is 4.21 Å². The number of hydrogen-bond acceptors (Lipinski definition) is 7. The Labute approximate surface area is 178 Å². The van der Waals surface area contributed by atoms with Gasteiger partial charge < -0.3 is 4.74 Å². The van der Waals surface area contributed by atoms with Crippen LogP contribution in [0.25, 0.3) is 5.82 Å². The van der Waals surface area contributed by atoms with Gasteiger partial charge in [0.05, 0.1) is 5.69 Å². The fourth-order valence-electron chi connectivity index (χ4n) is 2.76. The maximum absolute atomic E-state index is 12.3. The second-order valence-electron chi connectivity index (χ2n) is 6.56. The summed E-state index contributed by atoms with van der Waals surface area (Å²) < 4.78 is 35.2. The summed E-state index contributed by atoms with van der Waals surface area (Å²) >= 11 is 1.16. The number of benzene rings is 1. The molecule has 8 nitrogen and oxygen atoms in total. The molecule has 10 heteroatoms. The normalized spacial score (nSPS) is 11.4. The van der Waals surface area contributed by atoms with Gasteiger partial charge in [0.25, 0.3) is 10.0 Å². The van der Waals surface area contributed by atoms with E-state index in [9.17, 15) is 8.42 Å². The van der Waals surface area contributed by atoms with Gasteiger partial charge in [0, 0.05) is 17.4 Å². The Balaban J connectivity index is 1.53. The summed E-state index contributed by atoms with van der Waals surface area (Å²) in [4.78, 5) is 13.1. The SMILES string of the molecule is Cc1nc(Oc2ccc(NS(=O)(=O)c3cccs3)cc2)cc(-n2cnc(C)c2C)n1. The first-order valence-corrected chi connectivity index (χ1v) is 11.4. The van der Waals surface area contributed by atoms with E-state index in [2.05, 4.69) is 19.7 Å². The third-order valence-corrected chi connectivity index (χ3v) is 7.17. The predicted octanol–water partition coefficient (Wildman–Crippen LogP) is 4.24. The molecule has 4 rings (SSSR count). The second kappa shape index (κ2) is 7.88. The number of imidazole rings is 1. The summed E-state index contributed by atoms with van der Waals surface area (Å²) in [5.74, 6) is 2.14. The maximum atomic E-state index is 12.3. The number of hydrogen-bond donors (Lipinski definition) is 1. The highest BCUT2D eigenvalue weighted by atomic mass is 32.2. The fraction of sp³-hybridized carbons (Fsp3) is 0.150. The van der Waals surface area contributed by atoms with Crippen LogP contribution in [0.5, 0.6) is 11.6 Å². The molecule has 0 bridgehead atoms. The van der Waals surface area contributed by atoms with Gasteiger partial charge in [0.15, 0.2) is 0 Å². The largest absolute Gasteiger partial charge is 0.439 e. The van der Waals surface area contributed by atoms with Crippen molar-refractivity contribution in [2.75, 3.05) is 4.72 Å². The highest BCUT2D eigenvalue weighted by molar-refractivity contribution is 7.94. The molecule has 1 aromatic carbocycles. The van der Waals surface area contributed by atoms with Crippen molar-refractivity contribution in [1.29, 1.82) is 0 Å². The van der Waals surface area contributed by atoms with Crippen LogP contribution in [-0.2, 0) is 10.0 Å². The van der Waals surface area contributed by atoms with Crippen LogP contribution in [-0.4, -0.2) is 27.9 Å². The summed E-state index contributed by atoms with van der Waals surface area (Å²) in [6.07, 6.45) is 1.71. The van der Waals surface area contributed by atoms with Crippen molar-refractivity contribution in [2.24, 2.45) is 0 Å². The van der Waals surface area contributed by atoms with E-state index in [1.165, 1.54) is 0 Å². The van der Waals surface area contributed by atoms with Crippen molar-refractivity contribution >= 4 is 27.0 Å². The Hall–Kier alpha value is -3.24. The molecule has 3 aromatic heterocycles. The molecule has 1 N–H and O–H groups in total. The van der Waals surface area contributed by atoms with Crippen LogP contribution < -0.4 is 9.46 Å². The summed E-state index contributed by atoms with van der Waals surface area (Å²) in [5.41, 5.74) is 2.36. The van der Waals surface area contributed by atoms with Gasteiger partial charge in [-0.1, -0.05) is 6.07 Å². The molecule has 0 saturated carbocycles. The number of thiophene rings is 1. The molecular formula is C20H19N5O3S2. The number of anilines is 1. The lowest BCUT2D eigenvalue weighted by Gasteiger charge is -2.10. The van der Waals surface area contributed by atoms with Gasteiger partial charge >= 0.3 is 0 Å². The van der Waals surface area contributed by atoms with Crippen LogP contribution in [0.2, 0.25) is 0 Å². The molecule has 0 radical (unpaired) electrons. The molecule has 0 aliphatic heterocycles. The molecule has 4 aromatic rings. The van der Waals surface area contributed by atoms with Crippen LogP contribution in [0, 0.1) is 20.8 Å². The Morgan fingerprint density at radius 2 is 1.83 bits per heavy atom. The summed E-state index contributed by atoms with van der Waals surface area (Å²) in [6.45, 7) is 5.69. The van der Waals surface area contributed by atoms with E-state index in [0.29, 0.717) is 29.0 Å². The van der Waals surface area contributed by atoms with E-state index in [4.69, 9.17) is 4.74 Å². The van der Waals surface area contributed by atoms with Crippen molar-refractivity contribution in [3.05, 3.63) is 71.4 Å². The van der Waals surface area contributed by atoms with E-state index in [1.807, 2.05) is 18.4 Å². The maximum Gasteiger partial charge on any atom is 0.271 e. The number of aromatic nitrogens is 4. The molecule has 0 amide bonds. The monoisotopic (exact) mass is 441 g/mol. The molecule has 30 heavy (non-hydrogen) atoms. The second-order valence-corrected chi connectivity index (χ2v) is 9.42. The van der Waals surface area contributed by atoms with Crippen molar-refractivity contribution in [2.45, 2.75) is 25.0 Å². The Morgan fingerprint density at radius 1 is 1.07 bits per heavy atom. The average molecular weight is 442 g/mol. The van der Waals surface area contributed by atoms with Crippen LogP contribution >= 0.6 is 11.3 Å². The topological polar surface area (TPSA) is 99.0 Å². The summed E-state index contributed by atoms with van der Waals surface area (Å²) in [6, 6.07) is 11.6. The van der Waals surface area contributed by atoms with Gasteiger partial charge in [-0.05, 0) is 56.5 Å². The van der Waals surface area contributed by atoms with Gasteiger partial charge in [-0.25, -0.2) is 18.4 Å². The molecule has 0 spiro atoms. The third-order valence-electron chi connectivity index (χ3n) is 4.39. The first-order chi connectivity index (χ1) is 14.3. The zero-order valence-electron chi connectivity index (χ0n) is 16.5. The summed E-state index contributed by atoms with van der Waals surface area (Å²) in [5, 5.41) is 1.72. The predicted molar refractivity (Wildman–Crippen MR) is 115 cm³/mol. The number of aryl methyl sites for hydroxylation is 2. The first kappa shape index (κ1) is 20.0. The molecule has 0 unspecified atom stereocenters. The Morgan fingerprint density at radius 3 is 2.47 bits per heavy atom. The van der Waals surface area contributed by atoms with Crippen molar-refractivity contribution in [3.8, 4) is 17.4 Å². The Bertz CT molecular complexity index is 1280. The first-order valence-electron chi connectivity index (χ1n) is 9.03. The molecule has 0 aliphatic rings. The summed E-state index contributed by atoms with van der Waals surface area (Å²) in [7, 11) is -3.59. The van der Waals surface area contributed by atoms with Gasteiger partial charge in [-0.3, -0.25) is 9.29 Å². The Kier molecular flexibility index (Phi) is 5.27. The lowest BCUT2D eigenvalue weighted by molar-refractivity contribution is 0.459. The van der Waals surface area contributed by atoms with E-state index in [0.717, 1.165) is 22.7 Å². The van der Waals surface area contributed by atoms with Crippen molar-refractivity contribution in [3.63, 3.8) is 0 Å². The van der Waals surface area contributed by atoms with Crippen molar-refractivity contribution < 1.29 is 13.2 Å². The number of nitrogens with zero attached hydrogens (tertiary/aromatic N) is 4. The quantitative estimate of drug-likeness (QED) is 0.480. The fourth-order valence-corrected chi connectivity index (χ4v) is 4.82.